The number of unbranched alkanes of at least 4 members (excludes halogenated alkanes) is 1. The van der Waals surface area contributed by atoms with Crippen LogP contribution in [-0.2, 0) is 60.5 Å². The van der Waals surface area contributed by atoms with Crippen LogP contribution < -0.4 is 31.9 Å². The molecule has 2 atom stereocenters. The topological polar surface area (TPSA) is 446 Å². The van der Waals surface area contributed by atoms with Gasteiger partial charge in [-0.2, -0.15) is 10.5 Å². The van der Waals surface area contributed by atoms with Crippen molar-refractivity contribution in [2.75, 3.05) is 106 Å². The number of rotatable bonds is 47. The highest BCUT2D eigenvalue weighted by molar-refractivity contribution is 6.85. The number of carbonyl (C=O) groups excluding carboxylic acids is 7. The standard InChI is InChI=1S/C45H80N6O11Si2.C16H36N2O7Si2.C15H22N2O2.C4H10O2/c1-63(2,27-5-21-47-43(53)57-24-23-56-34-50-42-20-13-38(31-60-42)30-37-11-18-41(19-12-37)61-32-46)62-64(3,4)28-6-22-48-44(54)58-25-26-59-45(55)51-40-16-9-36(10-17-40)29-35-7-14-39(15-8-35)49-33-52;1-26(2,13-5-7-17-15(21)23-11-9-19)25-27(3,4)14-6-8-18-16(22)24-12-10-20;16-10-19-15-7-3-13(4-8-15)9-12-1-5-14(6-2-12)17-11-18;5-3-1-2-4-6/h35-42,50H,5-31,34H2,1-4H3,(H,47,53)(H,48,54)(H,51,55);19-20H,5-14H2,1-4H3,(H,17,21)(H,18,22);12-15H,1-9H2;5-6H,1-4H2. The van der Waals surface area contributed by atoms with Crippen LogP contribution >= 0.6 is 0 Å². The molecule has 6 aliphatic rings. The molecular weight excluding hydrogens is 1570 g/mol. The fraction of sp³-hybridized carbons (Fsp3) is 0.887. The lowest BCUT2D eigenvalue weighted by Gasteiger charge is -2.34. The molecule has 6 fully saturated rings. The van der Waals surface area contributed by atoms with Gasteiger partial charge in [-0.25, -0.2) is 43.5 Å². The minimum atomic E-state index is -1.99. The Morgan fingerprint density at radius 1 is 0.397 bits per heavy atom. The minimum absolute atomic E-state index is 0.00297. The number of aliphatic hydroxyl groups excluding tert-OH is 4. The Kier molecular flexibility index (Phi) is 56.1. The van der Waals surface area contributed by atoms with Crippen molar-refractivity contribution in [3.63, 3.8) is 0 Å². The first kappa shape index (κ1) is 104. The first-order valence-electron chi connectivity index (χ1n) is 43.2. The molecule has 2 unspecified atom stereocenters. The monoisotopic (exact) mass is 1710 g/mol. The third kappa shape index (κ3) is 53.0. The molecule has 1 saturated heterocycles. The van der Waals surface area contributed by atoms with Gasteiger partial charge in [0.2, 0.25) is 12.2 Å². The number of carbonyl (C=O) groups is 5. The Bertz CT molecular complexity index is 2790. The number of alkyl carbamates (subject to hydrolysis) is 5. The Hall–Kier alpha value is -5.80. The molecule has 5 aliphatic carbocycles. The quantitative estimate of drug-likeness (QED) is 0.00514. The highest BCUT2D eigenvalue weighted by Gasteiger charge is 2.36. The number of hydrogen-bond acceptors (Lipinski definition) is 27. The van der Waals surface area contributed by atoms with Crippen LogP contribution in [0.2, 0.25) is 76.6 Å². The molecule has 6 rings (SSSR count). The number of aliphatic imine (C=N–C) groups is 2. The van der Waals surface area contributed by atoms with Gasteiger partial charge in [-0.3, -0.25) is 5.32 Å². The lowest BCUT2D eigenvalue weighted by Crippen LogP contribution is -2.45. The molecule has 5 saturated carbocycles. The van der Waals surface area contributed by atoms with E-state index in [2.05, 4.69) is 94.3 Å². The van der Waals surface area contributed by atoms with E-state index in [1.54, 1.807) is 12.2 Å². The van der Waals surface area contributed by atoms with Crippen molar-refractivity contribution in [3.05, 3.63) is 0 Å². The molecule has 0 radical (unpaired) electrons. The van der Waals surface area contributed by atoms with Crippen molar-refractivity contribution < 1.29 is 105 Å². The van der Waals surface area contributed by atoms with Gasteiger partial charge in [0.05, 0.1) is 45.2 Å². The SMILES string of the molecule is C[Si](C)(CCCNC(=O)OCCO)O[Si](C)(C)CCCNC(=O)OCCO.C[Si](C)(CCCNC(=O)OCCOCNC1CCC(CC2CCC(OC#N)CC2)CO1)O[Si](C)(C)CCCNC(=O)OCCOC(=O)NC1CCC(CC2CCC(N=C=O)CC2)CC1.N#COC1CCC(CC2CCC(N=C=O)CC2)CC1.OCCCCO. The molecule has 666 valence electrons. The maximum atomic E-state index is 12.3. The van der Waals surface area contributed by atoms with E-state index in [9.17, 15) is 33.6 Å². The van der Waals surface area contributed by atoms with Crippen LogP contribution in [0.3, 0.4) is 0 Å². The predicted octanol–water partition coefficient (Wildman–Crippen LogP) is 12.7. The van der Waals surface area contributed by atoms with Crippen LogP contribution in [0.4, 0.5) is 24.0 Å². The molecule has 5 amide bonds. The van der Waals surface area contributed by atoms with Gasteiger partial charge >= 0.3 is 30.5 Å². The largest absolute Gasteiger partial charge is 0.455 e. The number of ether oxygens (including phenoxy) is 9. The molecule has 0 spiro atoms. The van der Waals surface area contributed by atoms with E-state index < -0.39 is 63.7 Å². The average Bonchev–Trinajstić information content (AvgIpc) is 0.924. The number of nitrogens with zero attached hydrogens (tertiary/aromatic N) is 4. The Morgan fingerprint density at radius 2 is 0.716 bits per heavy atom. The molecule has 1 aliphatic heterocycles. The third-order valence-corrected chi connectivity index (χ3v) is 37.4. The average molecular weight is 1710 g/mol. The first-order valence-corrected chi connectivity index (χ1v) is 55.7. The highest BCUT2D eigenvalue weighted by Crippen LogP contribution is 2.39. The number of hydrogen-bond donors (Lipinski definition) is 10. The van der Waals surface area contributed by atoms with Crippen molar-refractivity contribution in [1.29, 1.82) is 10.5 Å². The van der Waals surface area contributed by atoms with Gasteiger partial charge < -0.3 is 97.9 Å². The second-order valence-corrected chi connectivity index (χ2v) is 51.9. The summed E-state index contributed by atoms with van der Waals surface area (Å²) in [5.74, 6) is 4.25. The summed E-state index contributed by atoms with van der Waals surface area (Å²) < 4.78 is 60.2. The summed E-state index contributed by atoms with van der Waals surface area (Å²) >= 11 is 0. The Morgan fingerprint density at radius 3 is 1.04 bits per heavy atom. The normalized spacial score (nSPS) is 23.4. The maximum absolute atomic E-state index is 12.3. The van der Waals surface area contributed by atoms with Crippen molar-refractivity contribution in [2.45, 2.75) is 312 Å². The molecule has 0 aromatic heterocycles. The number of isocyanates is 2. The lowest BCUT2D eigenvalue weighted by atomic mass is 9.76. The van der Waals surface area contributed by atoms with Gasteiger partial charge in [0, 0.05) is 45.4 Å². The molecule has 1 heterocycles. The van der Waals surface area contributed by atoms with E-state index in [1.165, 1.54) is 44.9 Å². The van der Waals surface area contributed by atoms with Gasteiger partial charge in [0.15, 0.2) is 33.3 Å². The minimum Gasteiger partial charge on any atom is -0.455 e. The molecule has 0 aromatic carbocycles. The molecule has 32 nitrogen and oxygen atoms in total. The summed E-state index contributed by atoms with van der Waals surface area (Å²) in [5, 5.41) is 67.8. The molecule has 0 aromatic rings. The smallest absolute Gasteiger partial charge is 0.407 e. The van der Waals surface area contributed by atoms with Gasteiger partial charge in [0.1, 0.15) is 51.5 Å². The van der Waals surface area contributed by atoms with E-state index in [4.69, 9.17) is 81.8 Å². The van der Waals surface area contributed by atoms with Crippen molar-refractivity contribution in [2.24, 2.45) is 45.5 Å². The van der Waals surface area contributed by atoms with Crippen molar-refractivity contribution >= 4 is 75.9 Å². The van der Waals surface area contributed by atoms with E-state index >= 15 is 0 Å². The lowest BCUT2D eigenvalue weighted by molar-refractivity contribution is -0.0602. The fourth-order valence-electron chi connectivity index (χ4n) is 16.5. The van der Waals surface area contributed by atoms with Crippen LogP contribution in [0, 0.1) is 58.5 Å². The van der Waals surface area contributed by atoms with E-state index in [0.29, 0.717) is 63.2 Å². The molecule has 36 heteroatoms. The summed E-state index contributed by atoms with van der Waals surface area (Å²) in [6, 6.07) is 4.13. The van der Waals surface area contributed by atoms with Crippen molar-refractivity contribution in [3.8, 4) is 12.5 Å². The van der Waals surface area contributed by atoms with Gasteiger partial charge in [-0.1, -0.05) is 0 Å². The van der Waals surface area contributed by atoms with Crippen LogP contribution in [0.15, 0.2) is 9.98 Å². The number of nitriles is 2. The van der Waals surface area contributed by atoms with Crippen LogP contribution in [0.5, 0.6) is 0 Å². The van der Waals surface area contributed by atoms with Crippen molar-refractivity contribution in [1.82, 2.24) is 31.9 Å². The predicted molar refractivity (Wildman–Crippen MR) is 448 cm³/mol. The van der Waals surface area contributed by atoms with Gasteiger partial charge in [0.25, 0.3) is 12.5 Å². The maximum Gasteiger partial charge on any atom is 0.407 e. The summed E-state index contributed by atoms with van der Waals surface area (Å²) in [5.41, 5.74) is 0. The highest BCUT2D eigenvalue weighted by atomic mass is 28.4. The molecular formula is C80H148N10O22Si4. The third-order valence-electron chi connectivity index (χ3n) is 22.3. The number of amides is 5. The second-order valence-electron chi connectivity index (χ2n) is 34.2. The summed E-state index contributed by atoms with van der Waals surface area (Å²) in [6.07, 6.45) is 36.6. The zero-order valence-electron chi connectivity index (χ0n) is 71.4. The Balaban J connectivity index is 0.000000541. The van der Waals surface area contributed by atoms with Crippen LogP contribution in [-0.4, -0.2) is 238 Å². The van der Waals surface area contributed by atoms with E-state index in [1.807, 2.05) is 12.5 Å². The summed E-state index contributed by atoms with van der Waals surface area (Å²) in [7, 11) is -7.66. The Labute approximate surface area is 695 Å². The van der Waals surface area contributed by atoms with E-state index in [0.717, 1.165) is 197 Å². The summed E-state index contributed by atoms with van der Waals surface area (Å²) in [6.45, 7) is 21.1. The summed E-state index contributed by atoms with van der Waals surface area (Å²) in [4.78, 5) is 87.8. The zero-order chi connectivity index (χ0) is 85.1. The number of nitrogens with one attached hydrogen (secondary N) is 6. The number of aliphatic hydroxyl groups is 4. The molecule has 0 bridgehead atoms. The second kappa shape index (κ2) is 62.3. The zero-order valence-corrected chi connectivity index (χ0v) is 75.4. The first-order chi connectivity index (χ1) is 55.7. The van der Waals surface area contributed by atoms with E-state index in [-0.39, 0.29) is 96.0 Å². The fourth-order valence-corrected chi connectivity index (χ4v) is 34.2. The molecule has 10 N–H and O–H groups in total. The van der Waals surface area contributed by atoms with Gasteiger partial charge in [-0.15, -0.1) is 0 Å². The molecule has 116 heavy (non-hydrogen) atoms. The van der Waals surface area contributed by atoms with Crippen LogP contribution in [0.1, 0.15) is 199 Å². The van der Waals surface area contributed by atoms with Crippen LogP contribution in [0.25, 0.3) is 0 Å². The van der Waals surface area contributed by atoms with Gasteiger partial charge in [-0.05, 0) is 311 Å².